The maximum atomic E-state index is 12.5. The predicted molar refractivity (Wildman–Crippen MR) is 71.5 cm³/mol. The highest BCUT2D eigenvalue weighted by Gasteiger charge is 2.36. The second kappa shape index (κ2) is 5.17. The van der Waals surface area contributed by atoms with Gasteiger partial charge >= 0.3 is 0 Å². The number of carbonyl (C=O) groups excluding carboxylic acids is 1. The molecule has 1 saturated heterocycles. The van der Waals surface area contributed by atoms with Gasteiger partial charge in [-0.2, -0.15) is 4.31 Å². The number of primary amides is 1. The lowest BCUT2D eigenvalue weighted by atomic mass is 10.2. The van der Waals surface area contributed by atoms with Gasteiger partial charge in [0, 0.05) is 33.4 Å². The van der Waals surface area contributed by atoms with E-state index in [0.29, 0.717) is 13.1 Å². The molecule has 4 N–H and O–H groups in total. The molecule has 1 aromatic heterocycles. The van der Waals surface area contributed by atoms with Crippen LogP contribution in [0, 0.1) is 0 Å². The number of carbonyl (C=O) groups is 1. The van der Waals surface area contributed by atoms with Crippen molar-refractivity contribution in [1.29, 1.82) is 0 Å². The smallest absolute Gasteiger partial charge is 0.265 e. The molecule has 1 aliphatic rings. The molecule has 0 radical (unpaired) electrons. The summed E-state index contributed by atoms with van der Waals surface area (Å²) >= 11 is 0. The maximum absolute atomic E-state index is 12.5. The molecule has 0 aliphatic carbocycles. The summed E-state index contributed by atoms with van der Waals surface area (Å²) < 4.78 is 27.4. The number of nitrogens with two attached hydrogens (primary N) is 1. The lowest BCUT2D eigenvalue weighted by Gasteiger charge is -2.25. The van der Waals surface area contributed by atoms with Gasteiger partial charge in [-0.15, -0.1) is 0 Å². The van der Waals surface area contributed by atoms with Crippen molar-refractivity contribution in [3.63, 3.8) is 0 Å². The Morgan fingerprint density at radius 3 is 2.65 bits per heavy atom. The summed E-state index contributed by atoms with van der Waals surface area (Å²) in [5.41, 5.74) is 5.29. The zero-order valence-corrected chi connectivity index (χ0v) is 12.1. The molecule has 1 fully saturated rings. The zero-order valence-electron chi connectivity index (χ0n) is 11.3. The highest BCUT2D eigenvalue weighted by molar-refractivity contribution is 7.89. The van der Waals surface area contributed by atoms with Crippen LogP contribution >= 0.6 is 0 Å². The van der Waals surface area contributed by atoms with Gasteiger partial charge in [-0.3, -0.25) is 4.79 Å². The van der Waals surface area contributed by atoms with E-state index < -0.39 is 28.1 Å². The van der Waals surface area contributed by atoms with Crippen LogP contribution in [0.4, 0.5) is 0 Å². The Hall–Kier alpha value is -1.42. The van der Waals surface area contributed by atoms with Gasteiger partial charge in [0.2, 0.25) is 10.0 Å². The monoisotopic (exact) mass is 302 g/mol. The number of nitrogens with one attached hydrogen (secondary N) is 1. The molecule has 2 rings (SSSR count). The molecule has 0 spiro atoms. The van der Waals surface area contributed by atoms with Gasteiger partial charge in [-0.05, 0) is 6.07 Å². The number of aliphatic hydroxyl groups is 1. The van der Waals surface area contributed by atoms with Crippen LogP contribution in [-0.4, -0.2) is 60.6 Å². The highest BCUT2D eigenvalue weighted by Crippen LogP contribution is 2.21. The summed E-state index contributed by atoms with van der Waals surface area (Å²) in [6.45, 7) is 0.734. The van der Waals surface area contributed by atoms with E-state index in [-0.39, 0.29) is 10.6 Å². The fourth-order valence-electron chi connectivity index (χ4n) is 2.29. The van der Waals surface area contributed by atoms with Crippen LogP contribution in [-0.2, 0) is 17.1 Å². The lowest BCUT2D eigenvalue weighted by molar-refractivity contribution is 0.0992. The first-order valence-corrected chi connectivity index (χ1v) is 7.52. The van der Waals surface area contributed by atoms with Crippen molar-refractivity contribution in [2.75, 3.05) is 20.1 Å². The van der Waals surface area contributed by atoms with Crippen LogP contribution in [0.5, 0.6) is 0 Å². The first-order chi connectivity index (χ1) is 9.25. The van der Waals surface area contributed by atoms with Crippen LogP contribution in [0.3, 0.4) is 0 Å². The molecular weight excluding hydrogens is 284 g/mol. The molecule has 2 atom stereocenters. The first-order valence-electron chi connectivity index (χ1n) is 6.08. The number of nitrogens with zero attached hydrogens (tertiary/aromatic N) is 2. The molecule has 0 bridgehead atoms. The highest BCUT2D eigenvalue weighted by atomic mass is 32.2. The number of hydrogen-bond donors (Lipinski definition) is 3. The number of aliphatic hydroxyl groups excluding tert-OH is 1. The van der Waals surface area contributed by atoms with Crippen LogP contribution in [0.25, 0.3) is 0 Å². The zero-order chi connectivity index (χ0) is 15.1. The Labute approximate surface area is 117 Å². The normalized spacial score (nSPS) is 23.4. The number of hydrogen-bond acceptors (Lipinski definition) is 5. The van der Waals surface area contributed by atoms with E-state index in [0.717, 1.165) is 4.31 Å². The largest absolute Gasteiger partial charge is 0.390 e. The summed E-state index contributed by atoms with van der Waals surface area (Å²) in [5.74, 6) is -0.695. The van der Waals surface area contributed by atoms with Gasteiger partial charge in [-0.25, -0.2) is 8.42 Å². The molecule has 2 heterocycles. The van der Waals surface area contributed by atoms with Gasteiger partial charge in [0.05, 0.1) is 12.1 Å². The molecule has 1 aromatic rings. The summed E-state index contributed by atoms with van der Waals surface area (Å²) in [6, 6.07) is 0.709. The Bertz CT molecular complexity index is 624. The van der Waals surface area contributed by atoms with Crippen LogP contribution in [0.2, 0.25) is 0 Å². The maximum Gasteiger partial charge on any atom is 0.265 e. The van der Waals surface area contributed by atoms with Gasteiger partial charge < -0.3 is 20.7 Å². The van der Waals surface area contributed by atoms with Crippen molar-refractivity contribution in [1.82, 2.24) is 14.2 Å². The molecule has 0 aromatic carbocycles. The number of rotatable bonds is 4. The average Bonchev–Trinajstić information content (AvgIpc) is 2.94. The minimum Gasteiger partial charge on any atom is -0.390 e. The van der Waals surface area contributed by atoms with E-state index in [1.807, 2.05) is 0 Å². The lowest BCUT2D eigenvalue weighted by Crippen LogP contribution is -2.44. The molecule has 8 nitrogen and oxygen atoms in total. The molecule has 0 unspecified atom stereocenters. The van der Waals surface area contributed by atoms with E-state index in [1.165, 1.54) is 23.9 Å². The quantitative estimate of drug-likeness (QED) is 0.599. The Morgan fingerprint density at radius 2 is 2.20 bits per heavy atom. The SMILES string of the molecule is CN([C@@H]1CNC[C@H]1O)S(=O)(=O)c1cc(C(N)=O)n(C)c1. The first kappa shape index (κ1) is 15.0. The minimum atomic E-state index is -3.79. The van der Waals surface area contributed by atoms with E-state index in [2.05, 4.69) is 5.32 Å². The standard InChI is InChI=1S/C11H18N4O4S/c1-14-6-7(3-8(14)11(12)17)20(18,19)15(2)9-4-13-5-10(9)16/h3,6,9-10,13,16H,4-5H2,1-2H3,(H2,12,17)/t9-,10-/m1/s1. The van der Waals surface area contributed by atoms with Crippen molar-refractivity contribution in [3.05, 3.63) is 18.0 Å². The second-order valence-electron chi connectivity index (χ2n) is 4.85. The van der Waals surface area contributed by atoms with Gasteiger partial charge in [0.25, 0.3) is 5.91 Å². The van der Waals surface area contributed by atoms with E-state index in [9.17, 15) is 18.3 Å². The Morgan fingerprint density at radius 1 is 1.55 bits per heavy atom. The second-order valence-corrected chi connectivity index (χ2v) is 6.85. The molecule has 0 saturated carbocycles. The summed E-state index contributed by atoms with van der Waals surface area (Å²) in [7, 11) is -0.829. The summed E-state index contributed by atoms with van der Waals surface area (Å²) in [6.07, 6.45) is 0.579. The number of aryl methyl sites for hydroxylation is 1. The van der Waals surface area contributed by atoms with Crippen LogP contribution in [0.1, 0.15) is 10.5 Å². The molecule has 1 aliphatic heterocycles. The van der Waals surface area contributed by atoms with Crippen molar-refractivity contribution < 1.29 is 18.3 Å². The van der Waals surface area contributed by atoms with Crippen LogP contribution < -0.4 is 11.1 Å². The van der Waals surface area contributed by atoms with E-state index in [4.69, 9.17) is 5.73 Å². The molecule has 9 heteroatoms. The number of amides is 1. The van der Waals surface area contributed by atoms with Gasteiger partial charge in [0.1, 0.15) is 10.6 Å². The number of aromatic nitrogens is 1. The third kappa shape index (κ3) is 2.44. The summed E-state index contributed by atoms with van der Waals surface area (Å²) in [4.78, 5) is 11.2. The molecule has 20 heavy (non-hydrogen) atoms. The minimum absolute atomic E-state index is 0.0181. The average molecular weight is 302 g/mol. The molecular formula is C11H18N4O4S. The Kier molecular flexibility index (Phi) is 3.87. The third-order valence-corrected chi connectivity index (χ3v) is 5.38. The number of β-amino-alcohol motifs (C(OH)–C–C–N with tert-alkyl or cyclic N) is 1. The van der Waals surface area contributed by atoms with Crippen molar-refractivity contribution >= 4 is 15.9 Å². The van der Waals surface area contributed by atoms with E-state index >= 15 is 0 Å². The van der Waals surface area contributed by atoms with Gasteiger partial charge in [0.15, 0.2) is 0 Å². The molecule has 1 amide bonds. The summed E-state index contributed by atoms with van der Waals surface area (Å²) in [5, 5.41) is 12.7. The van der Waals surface area contributed by atoms with Crippen LogP contribution in [0.15, 0.2) is 17.2 Å². The predicted octanol–water partition coefficient (Wildman–Crippen LogP) is -1.92. The Balaban J connectivity index is 2.35. The number of sulfonamides is 1. The number of likely N-dealkylation sites (N-methyl/N-ethyl adjacent to an activating group) is 1. The van der Waals surface area contributed by atoms with E-state index in [1.54, 1.807) is 7.05 Å². The van der Waals surface area contributed by atoms with Crippen molar-refractivity contribution in [2.24, 2.45) is 12.8 Å². The third-order valence-electron chi connectivity index (χ3n) is 3.53. The van der Waals surface area contributed by atoms with Crippen molar-refractivity contribution in [3.8, 4) is 0 Å². The fraction of sp³-hybridized carbons (Fsp3) is 0.545. The fourth-order valence-corrected chi connectivity index (χ4v) is 3.74. The topological polar surface area (TPSA) is 118 Å². The van der Waals surface area contributed by atoms with Crippen molar-refractivity contribution in [2.45, 2.75) is 17.0 Å². The molecule has 112 valence electrons. The van der Waals surface area contributed by atoms with Gasteiger partial charge in [-0.1, -0.05) is 0 Å².